The van der Waals surface area contributed by atoms with E-state index in [9.17, 15) is 15.0 Å². The zero-order valence-corrected chi connectivity index (χ0v) is 12.0. The highest BCUT2D eigenvalue weighted by Crippen LogP contribution is 2.27. The third-order valence-electron chi connectivity index (χ3n) is 3.58. The number of carboxylic acid groups (broad SMARTS) is 1. The first kappa shape index (κ1) is 15.1. The van der Waals surface area contributed by atoms with Crippen LogP contribution >= 0.6 is 0 Å². The van der Waals surface area contributed by atoms with Crippen LogP contribution in [-0.4, -0.2) is 23.3 Å². The van der Waals surface area contributed by atoms with Crippen molar-refractivity contribution in [1.82, 2.24) is 0 Å². The highest BCUT2D eigenvalue weighted by atomic mass is 16.5. The molecule has 0 saturated carbocycles. The van der Waals surface area contributed by atoms with E-state index < -0.39 is 12.1 Å². The van der Waals surface area contributed by atoms with Crippen molar-refractivity contribution in [3.05, 3.63) is 64.7 Å². The number of rotatable bonds is 5. The first-order valence-corrected chi connectivity index (χ1v) is 6.67. The molecule has 0 aliphatic rings. The molecule has 0 aliphatic carbocycles. The molecule has 2 N–H and O–H groups in total. The average Bonchev–Trinajstić information content (AvgIpc) is 2.49. The van der Waals surface area contributed by atoms with E-state index in [0.717, 1.165) is 16.9 Å². The highest BCUT2D eigenvalue weighted by Gasteiger charge is 2.18. The van der Waals surface area contributed by atoms with Gasteiger partial charge in [-0.2, -0.15) is 0 Å². The number of hydrogen-bond donors (Lipinski definition) is 2. The van der Waals surface area contributed by atoms with E-state index in [1.807, 2.05) is 25.1 Å². The van der Waals surface area contributed by atoms with Crippen molar-refractivity contribution in [2.75, 3.05) is 7.11 Å². The summed E-state index contributed by atoms with van der Waals surface area (Å²) in [6, 6.07) is 12.1. The van der Waals surface area contributed by atoms with Gasteiger partial charge in [-0.05, 0) is 35.7 Å². The van der Waals surface area contributed by atoms with Gasteiger partial charge in [0.05, 0.1) is 18.8 Å². The smallest absolute Gasteiger partial charge is 0.336 e. The maximum Gasteiger partial charge on any atom is 0.336 e. The monoisotopic (exact) mass is 286 g/mol. The fourth-order valence-corrected chi connectivity index (χ4v) is 2.40. The fraction of sp³-hybridized carbons (Fsp3) is 0.235. The Morgan fingerprint density at radius 3 is 2.57 bits per heavy atom. The summed E-state index contributed by atoms with van der Waals surface area (Å²) in [6.45, 7) is 1.92. The van der Waals surface area contributed by atoms with Gasteiger partial charge in [-0.15, -0.1) is 0 Å². The molecule has 0 aliphatic heterocycles. The van der Waals surface area contributed by atoms with Crippen LogP contribution in [0.4, 0.5) is 0 Å². The maximum absolute atomic E-state index is 11.2. The van der Waals surface area contributed by atoms with Crippen molar-refractivity contribution >= 4 is 5.97 Å². The number of methoxy groups -OCH3 is 1. The Kier molecular flexibility index (Phi) is 4.60. The molecule has 0 radical (unpaired) electrons. The van der Waals surface area contributed by atoms with Crippen molar-refractivity contribution in [3.63, 3.8) is 0 Å². The second-order valence-electron chi connectivity index (χ2n) is 4.86. The van der Waals surface area contributed by atoms with Crippen LogP contribution in [-0.2, 0) is 6.42 Å². The highest BCUT2D eigenvalue weighted by molar-refractivity contribution is 5.89. The molecule has 0 spiro atoms. The summed E-state index contributed by atoms with van der Waals surface area (Å²) in [6.07, 6.45) is -0.532. The molecule has 1 atom stereocenters. The average molecular weight is 286 g/mol. The van der Waals surface area contributed by atoms with Gasteiger partial charge >= 0.3 is 5.97 Å². The lowest BCUT2D eigenvalue weighted by molar-refractivity contribution is 0.0689. The molecule has 1 unspecified atom stereocenters. The zero-order chi connectivity index (χ0) is 15.4. The number of benzene rings is 2. The number of carbonyl (C=O) groups is 1. The number of aliphatic hydroxyl groups is 1. The van der Waals surface area contributed by atoms with Crippen LogP contribution < -0.4 is 4.74 Å². The number of ether oxygens (including phenoxy) is 1. The molecule has 0 heterocycles. The first-order valence-electron chi connectivity index (χ1n) is 6.67. The van der Waals surface area contributed by atoms with E-state index in [4.69, 9.17) is 4.74 Å². The molecule has 2 aromatic rings. The lowest BCUT2D eigenvalue weighted by atomic mass is 9.95. The van der Waals surface area contributed by atoms with Gasteiger partial charge in [0.15, 0.2) is 0 Å². The van der Waals surface area contributed by atoms with E-state index in [1.54, 1.807) is 25.3 Å². The summed E-state index contributed by atoms with van der Waals surface area (Å²) in [5, 5.41) is 19.6. The van der Waals surface area contributed by atoms with Crippen LogP contribution in [0.5, 0.6) is 5.75 Å². The van der Waals surface area contributed by atoms with Crippen LogP contribution in [0.3, 0.4) is 0 Å². The topological polar surface area (TPSA) is 66.8 Å². The Balaban J connectivity index is 2.31. The Labute approximate surface area is 123 Å². The molecule has 110 valence electrons. The SMILES string of the molecule is COc1cccc(CC(O)c2ccccc2C(=O)O)c1C. The normalized spacial score (nSPS) is 12.0. The third-order valence-corrected chi connectivity index (χ3v) is 3.58. The fourth-order valence-electron chi connectivity index (χ4n) is 2.40. The van der Waals surface area contributed by atoms with Crippen LogP contribution in [0.25, 0.3) is 0 Å². The summed E-state index contributed by atoms with van der Waals surface area (Å²) in [5.41, 5.74) is 2.44. The second kappa shape index (κ2) is 6.41. The molecular weight excluding hydrogens is 268 g/mol. The molecule has 4 heteroatoms. The van der Waals surface area contributed by atoms with E-state index in [0.29, 0.717) is 12.0 Å². The molecule has 0 fully saturated rings. The Morgan fingerprint density at radius 2 is 1.90 bits per heavy atom. The predicted octanol–water partition coefficient (Wildman–Crippen LogP) is 2.98. The minimum absolute atomic E-state index is 0.130. The molecule has 2 rings (SSSR count). The summed E-state index contributed by atoms with van der Waals surface area (Å²) in [5.74, 6) is -0.279. The minimum atomic E-state index is -1.04. The van der Waals surface area contributed by atoms with Crippen LogP contribution in [0.15, 0.2) is 42.5 Å². The van der Waals surface area contributed by atoms with Gasteiger partial charge in [0, 0.05) is 6.42 Å². The Hall–Kier alpha value is -2.33. The number of aromatic carboxylic acids is 1. The number of carboxylic acids is 1. The molecule has 0 aromatic heterocycles. The minimum Gasteiger partial charge on any atom is -0.496 e. The molecule has 0 amide bonds. The number of hydrogen-bond acceptors (Lipinski definition) is 3. The molecule has 0 saturated heterocycles. The molecular formula is C17H18O4. The van der Waals surface area contributed by atoms with Crippen LogP contribution in [0.2, 0.25) is 0 Å². The zero-order valence-electron chi connectivity index (χ0n) is 12.0. The van der Waals surface area contributed by atoms with Gasteiger partial charge in [0.2, 0.25) is 0 Å². The maximum atomic E-state index is 11.2. The van der Waals surface area contributed by atoms with E-state index >= 15 is 0 Å². The van der Waals surface area contributed by atoms with Crippen molar-refractivity contribution in [3.8, 4) is 5.75 Å². The van der Waals surface area contributed by atoms with Crippen molar-refractivity contribution in [2.24, 2.45) is 0 Å². The van der Waals surface area contributed by atoms with Crippen LogP contribution in [0, 0.1) is 6.92 Å². The first-order chi connectivity index (χ1) is 10.0. The van der Waals surface area contributed by atoms with Gasteiger partial charge in [-0.25, -0.2) is 4.79 Å². The number of aliphatic hydroxyl groups excluding tert-OH is 1. The standard InChI is InChI=1S/C17H18O4/c1-11-12(6-5-9-16(11)21-2)10-15(18)13-7-3-4-8-14(13)17(19)20/h3-9,15,18H,10H2,1-2H3,(H,19,20). The largest absolute Gasteiger partial charge is 0.496 e. The molecule has 4 nitrogen and oxygen atoms in total. The van der Waals surface area contributed by atoms with E-state index in [1.165, 1.54) is 6.07 Å². The van der Waals surface area contributed by atoms with Gasteiger partial charge in [-0.3, -0.25) is 0 Å². The van der Waals surface area contributed by atoms with Gasteiger partial charge in [0.1, 0.15) is 5.75 Å². The molecule has 0 bridgehead atoms. The van der Waals surface area contributed by atoms with Gasteiger partial charge in [-0.1, -0.05) is 30.3 Å². The van der Waals surface area contributed by atoms with Gasteiger partial charge in [0.25, 0.3) is 0 Å². The quantitative estimate of drug-likeness (QED) is 0.886. The molecule has 21 heavy (non-hydrogen) atoms. The summed E-state index contributed by atoms with van der Waals surface area (Å²) < 4.78 is 5.26. The van der Waals surface area contributed by atoms with Crippen molar-refractivity contribution in [2.45, 2.75) is 19.4 Å². The van der Waals surface area contributed by atoms with Crippen molar-refractivity contribution < 1.29 is 19.7 Å². The Bertz CT molecular complexity index is 649. The lowest BCUT2D eigenvalue weighted by Gasteiger charge is -2.16. The summed E-state index contributed by atoms with van der Waals surface area (Å²) in [7, 11) is 1.60. The van der Waals surface area contributed by atoms with Crippen molar-refractivity contribution in [1.29, 1.82) is 0 Å². The summed E-state index contributed by atoms with van der Waals surface area (Å²) in [4.78, 5) is 11.2. The second-order valence-corrected chi connectivity index (χ2v) is 4.86. The van der Waals surface area contributed by atoms with Gasteiger partial charge < -0.3 is 14.9 Å². The van der Waals surface area contributed by atoms with E-state index in [-0.39, 0.29) is 5.56 Å². The Morgan fingerprint density at radius 1 is 1.19 bits per heavy atom. The third kappa shape index (κ3) is 3.23. The van der Waals surface area contributed by atoms with Crippen LogP contribution in [0.1, 0.15) is 33.2 Å². The summed E-state index contributed by atoms with van der Waals surface area (Å²) >= 11 is 0. The van der Waals surface area contributed by atoms with E-state index in [2.05, 4.69) is 0 Å². The lowest BCUT2D eigenvalue weighted by Crippen LogP contribution is -2.10. The predicted molar refractivity (Wildman–Crippen MR) is 79.8 cm³/mol. The molecule has 2 aromatic carbocycles.